The minimum absolute atomic E-state index is 0.0350. The molecule has 190 valence electrons. The lowest BCUT2D eigenvalue weighted by molar-refractivity contribution is -0.113. The fourth-order valence-electron chi connectivity index (χ4n) is 3.38. The van der Waals surface area contributed by atoms with Crippen molar-refractivity contribution in [2.45, 2.75) is 44.7 Å². The first kappa shape index (κ1) is 26.6. The van der Waals surface area contributed by atoms with Crippen LogP contribution in [0.4, 0.5) is 17.6 Å². The number of hydrogen-bond donors (Lipinski definition) is 3. The number of carbonyl (C=O) groups is 1. The summed E-state index contributed by atoms with van der Waals surface area (Å²) in [6.07, 6.45) is 0. The summed E-state index contributed by atoms with van der Waals surface area (Å²) >= 11 is 1.18. The topological polar surface area (TPSA) is 147 Å². The molecule has 14 heteroatoms. The van der Waals surface area contributed by atoms with Crippen molar-refractivity contribution in [1.82, 2.24) is 28.9 Å². The van der Waals surface area contributed by atoms with Crippen LogP contribution in [0.2, 0.25) is 0 Å². The minimum Gasteiger partial charge on any atom is -0.355 e. The molecule has 2 heterocycles. The number of fused-ring (bicyclic) bond motifs is 1. The van der Waals surface area contributed by atoms with E-state index in [1.807, 2.05) is 13.8 Å². The van der Waals surface area contributed by atoms with E-state index in [0.717, 1.165) is 0 Å². The molecular formula is C21H31N9O3S2. The third-order valence-electron chi connectivity index (χ3n) is 5.04. The van der Waals surface area contributed by atoms with Gasteiger partial charge in [0.15, 0.2) is 5.16 Å². The van der Waals surface area contributed by atoms with Crippen LogP contribution < -0.4 is 16.0 Å². The van der Waals surface area contributed by atoms with Crippen LogP contribution in [0.1, 0.15) is 33.3 Å². The van der Waals surface area contributed by atoms with Crippen LogP contribution in [0.25, 0.3) is 5.78 Å². The van der Waals surface area contributed by atoms with Crippen LogP contribution in [0.15, 0.2) is 28.3 Å². The first-order valence-electron chi connectivity index (χ1n) is 11.4. The van der Waals surface area contributed by atoms with E-state index < -0.39 is 10.0 Å². The molecule has 0 fully saturated rings. The Morgan fingerprint density at radius 3 is 2.43 bits per heavy atom. The number of amides is 1. The van der Waals surface area contributed by atoms with Gasteiger partial charge in [0.2, 0.25) is 27.8 Å². The highest BCUT2D eigenvalue weighted by atomic mass is 32.2. The lowest BCUT2D eigenvalue weighted by atomic mass is 10.2. The SMILES string of the molecule is CCNc1nc(NCC)n2c(SCC(=O)Nc3ccc(C)c(S(=O)(=O)N(CC)CC)c3)nnc2n1. The van der Waals surface area contributed by atoms with E-state index in [4.69, 9.17) is 0 Å². The van der Waals surface area contributed by atoms with Crippen molar-refractivity contribution in [2.24, 2.45) is 0 Å². The fourth-order valence-corrected chi connectivity index (χ4v) is 5.82. The second-order valence-corrected chi connectivity index (χ2v) is 10.3. The first-order valence-corrected chi connectivity index (χ1v) is 13.8. The largest absolute Gasteiger partial charge is 0.355 e. The van der Waals surface area contributed by atoms with Crippen molar-refractivity contribution in [3.8, 4) is 0 Å². The van der Waals surface area contributed by atoms with E-state index in [0.29, 0.717) is 60.3 Å². The lowest BCUT2D eigenvalue weighted by Gasteiger charge is -2.20. The van der Waals surface area contributed by atoms with Gasteiger partial charge in [-0.1, -0.05) is 31.7 Å². The highest BCUT2D eigenvalue weighted by Gasteiger charge is 2.24. The van der Waals surface area contributed by atoms with E-state index in [1.165, 1.54) is 22.1 Å². The maximum atomic E-state index is 13.0. The van der Waals surface area contributed by atoms with Gasteiger partial charge in [-0.3, -0.25) is 4.79 Å². The molecule has 0 radical (unpaired) electrons. The van der Waals surface area contributed by atoms with E-state index in [2.05, 4.69) is 36.1 Å². The van der Waals surface area contributed by atoms with Crippen molar-refractivity contribution < 1.29 is 13.2 Å². The number of anilines is 3. The van der Waals surface area contributed by atoms with Gasteiger partial charge >= 0.3 is 0 Å². The number of nitrogens with one attached hydrogen (secondary N) is 3. The predicted molar refractivity (Wildman–Crippen MR) is 138 cm³/mol. The Morgan fingerprint density at radius 1 is 1.06 bits per heavy atom. The standard InChI is InChI=1S/C21H31N9O3S2/c1-6-22-18-25-19(23-7-2)30-20(26-18)27-28-21(30)34-13-17(31)24-15-11-10-14(5)16(12-15)35(32,33)29(8-3)9-4/h10-12H,6-9,13H2,1-5H3,(H,24,31)(H2,22,23,25,26,27). The number of aryl methyl sites for hydroxylation is 1. The van der Waals surface area contributed by atoms with Gasteiger partial charge in [-0.05, 0) is 38.5 Å². The van der Waals surface area contributed by atoms with Crippen molar-refractivity contribution in [3.05, 3.63) is 23.8 Å². The Labute approximate surface area is 209 Å². The second kappa shape index (κ2) is 11.6. The van der Waals surface area contributed by atoms with Crippen LogP contribution in [0.3, 0.4) is 0 Å². The van der Waals surface area contributed by atoms with Gasteiger partial charge < -0.3 is 16.0 Å². The summed E-state index contributed by atoms with van der Waals surface area (Å²) in [4.78, 5) is 21.7. The number of nitrogens with zero attached hydrogens (tertiary/aromatic N) is 6. The van der Waals surface area contributed by atoms with Crippen LogP contribution >= 0.6 is 11.8 Å². The summed E-state index contributed by atoms with van der Waals surface area (Å²) in [6.45, 7) is 11.2. The highest BCUT2D eigenvalue weighted by molar-refractivity contribution is 7.99. The maximum Gasteiger partial charge on any atom is 0.261 e. The van der Waals surface area contributed by atoms with Gasteiger partial charge in [0.05, 0.1) is 10.6 Å². The summed E-state index contributed by atoms with van der Waals surface area (Å²) in [7, 11) is -3.65. The van der Waals surface area contributed by atoms with Gasteiger partial charge in [-0.2, -0.15) is 14.3 Å². The summed E-state index contributed by atoms with van der Waals surface area (Å²) < 4.78 is 29.0. The molecule has 0 atom stereocenters. The van der Waals surface area contributed by atoms with Gasteiger partial charge in [-0.15, -0.1) is 10.2 Å². The quantitative estimate of drug-likeness (QED) is 0.304. The minimum atomic E-state index is -3.65. The van der Waals surface area contributed by atoms with Gasteiger partial charge in [0.25, 0.3) is 5.78 Å². The number of carbonyl (C=O) groups excluding carboxylic acids is 1. The Kier molecular flexibility index (Phi) is 8.86. The molecule has 12 nitrogen and oxygen atoms in total. The smallest absolute Gasteiger partial charge is 0.261 e. The highest BCUT2D eigenvalue weighted by Crippen LogP contribution is 2.25. The Bertz CT molecular complexity index is 1290. The van der Waals surface area contributed by atoms with Gasteiger partial charge in [-0.25, -0.2) is 12.8 Å². The number of rotatable bonds is 12. The second-order valence-electron chi connectivity index (χ2n) is 7.46. The van der Waals surface area contributed by atoms with E-state index in [1.54, 1.807) is 37.3 Å². The lowest BCUT2D eigenvalue weighted by Crippen LogP contribution is -2.31. The van der Waals surface area contributed by atoms with E-state index in [-0.39, 0.29) is 16.6 Å². The van der Waals surface area contributed by atoms with Crippen LogP contribution in [0.5, 0.6) is 0 Å². The molecule has 0 aliphatic heterocycles. The summed E-state index contributed by atoms with van der Waals surface area (Å²) in [6, 6.07) is 4.87. The zero-order valence-corrected chi connectivity index (χ0v) is 22.1. The number of sulfonamides is 1. The Morgan fingerprint density at radius 2 is 1.77 bits per heavy atom. The summed E-state index contributed by atoms with van der Waals surface area (Å²) in [5.41, 5.74) is 1.03. The van der Waals surface area contributed by atoms with Gasteiger partial charge in [0, 0.05) is 31.9 Å². The molecule has 3 N–H and O–H groups in total. The predicted octanol–water partition coefficient (Wildman–Crippen LogP) is 2.45. The molecule has 2 aromatic heterocycles. The molecule has 0 aliphatic rings. The Balaban J connectivity index is 1.77. The fraction of sp³-hybridized carbons (Fsp3) is 0.476. The van der Waals surface area contributed by atoms with Crippen LogP contribution in [-0.2, 0) is 14.8 Å². The van der Waals surface area contributed by atoms with Crippen LogP contribution in [-0.4, -0.2) is 75.1 Å². The van der Waals surface area contributed by atoms with Crippen molar-refractivity contribution in [2.75, 3.05) is 47.9 Å². The van der Waals surface area contributed by atoms with Gasteiger partial charge in [0.1, 0.15) is 0 Å². The molecule has 0 aliphatic carbocycles. The monoisotopic (exact) mass is 521 g/mol. The van der Waals surface area contributed by atoms with Crippen molar-refractivity contribution >= 4 is 51.1 Å². The van der Waals surface area contributed by atoms with Crippen LogP contribution in [0, 0.1) is 6.92 Å². The number of hydrogen-bond acceptors (Lipinski definition) is 10. The molecule has 0 spiro atoms. The molecule has 0 saturated carbocycles. The van der Waals surface area contributed by atoms with Crippen molar-refractivity contribution in [1.29, 1.82) is 0 Å². The first-order chi connectivity index (χ1) is 16.7. The summed E-state index contributed by atoms with van der Waals surface area (Å²) in [5.74, 6) is 1.04. The number of benzene rings is 1. The molecule has 1 amide bonds. The molecule has 1 aromatic carbocycles. The Hall–Kier alpha value is -2.97. The van der Waals surface area contributed by atoms with E-state index >= 15 is 0 Å². The van der Waals surface area contributed by atoms with Crippen molar-refractivity contribution in [3.63, 3.8) is 0 Å². The normalized spacial score (nSPS) is 11.7. The maximum absolute atomic E-state index is 13.0. The molecule has 35 heavy (non-hydrogen) atoms. The number of thioether (sulfide) groups is 1. The third-order valence-corrected chi connectivity index (χ3v) is 8.16. The van der Waals surface area contributed by atoms with E-state index in [9.17, 15) is 13.2 Å². The molecule has 0 bridgehead atoms. The zero-order chi connectivity index (χ0) is 25.6. The molecule has 3 aromatic rings. The average molecular weight is 522 g/mol. The summed E-state index contributed by atoms with van der Waals surface area (Å²) in [5, 5.41) is 17.7. The third kappa shape index (κ3) is 6.00. The number of aromatic nitrogens is 5. The molecule has 0 saturated heterocycles. The average Bonchev–Trinajstić information content (AvgIpc) is 3.23. The molecular weight excluding hydrogens is 490 g/mol. The molecule has 3 rings (SSSR count). The molecule has 0 unspecified atom stereocenters. The zero-order valence-electron chi connectivity index (χ0n) is 20.5.